The van der Waals surface area contributed by atoms with E-state index >= 15 is 0 Å². The highest BCUT2D eigenvalue weighted by Gasteiger charge is 2.14. The zero-order valence-corrected chi connectivity index (χ0v) is 17.9. The summed E-state index contributed by atoms with van der Waals surface area (Å²) in [6, 6.07) is 12.5. The summed E-state index contributed by atoms with van der Waals surface area (Å²) >= 11 is 0. The highest BCUT2D eigenvalue weighted by molar-refractivity contribution is 5.87. The first-order valence-corrected chi connectivity index (χ1v) is 10.3. The third-order valence-corrected chi connectivity index (χ3v) is 4.45. The Morgan fingerprint density at radius 1 is 1.13 bits per heavy atom. The molecule has 1 N–H and O–H groups in total. The lowest BCUT2D eigenvalue weighted by Crippen LogP contribution is -2.16. The lowest BCUT2D eigenvalue weighted by molar-refractivity contribution is -0.142. The number of hydrogen-bond acceptors (Lipinski definition) is 6. The Bertz CT molecular complexity index is 1140. The number of carbonyl (C=O) groups excluding carboxylic acids is 1. The average molecular weight is 422 g/mol. The van der Waals surface area contributed by atoms with Gasteiger partial charge in [-0.2, -0.15) is 0 Å². The molecular weight excluding hydrogens is 396 g/mol. The van der Waals surface area contributed by atoms with Crippen LogP contribution in [0.3, 0.4) is 0 Å². The zero-order chi connectivity index (χ0) is 22.2. The number of nitrogens with zero attached hydrogens (tertiary/aromatic N) is 1. The van der Waals surface area contributed by atoms with Crippen LogP contribution in [0.2, 0.25) is 0 Å². The van der Waals surface area contributed by atoms with Crippen LogP contribution in [0.15, 0.2) is 53.3 Å². The fraction of sp³-hybridized carbons (Fsp3) is 0.292. The average Bonchev–Trinajstić information content (AvgIpc) is 2.77. The van der Waals surface area contributed by atoms with E-state index in [4.69, 9.17) is 14.2 Å². The minimum atomic E-state index is -0.710. The summed E-state index contributed by atoms with van der Waals surface area (Å²) in [5.41, 5.74) is 1.05. The molecule has 1 atom stereocenters. The van der Waals surface area contributed by atoms with Crippen molar-refractivity contribution in [2.75, 3.05) is 13.2 Å². The number of benzene rings is 2. The molecule has 1 aromatic heterocycles. The quantitative estimate of drug-likeness (QED) is 0.405. The number of aromatic amines is 1. The predicted molar refractivity (Wildman–Crippen MR) is 119 cm³/mol. The minimum absolute atomic E-state index is 0.270. The highest BCUT2D eigenvalue weighted by atomic mass is 16.5. The third kappa shape index (κ3) is 5.72. The number of ether oxygens (including phenoxy) is 3. The van der Waals surface area contributed by atoms with Crippen molar-refractivity contribution in [2.24, 2.45) is 0 Å². The molecule has 0 spiro atoms. The number of fused-ring (bicyclic) bond motifs is 1. The molecule has 31 heavy (non-hydrogen) atoms. The van der Waals surface area contributed by atoms with Crippen molar-refractivity contribution >= 4 is 22.9 Å². The molecule has 3 rings (SSSR count). The maximum absolute atomic E-state index is 12.3. The van der Waals surface area contributed by atoms with Gasteiger partial charge in [-0.25, -0.2) is 9.78 Å². The van der Waals surface area contributed by atoms with Gasteiger partial charge in [0.2, 0.25) is 0 Å². The summed E-state index contributed by atoms with van der Waals surface area (Å²) in [4.78, 5) is 31.6. The maximum atomic E-state index is 12.3. The topological polar surface area (TPSA) is 90.5 Å². The fourth-order valence-electron chi connectivity index (χ4n) is 2.96. The first-order valence-electron chi connectivity index (χ1n) is 10.3. The van der Waals surface area contributed by atoms with Crippen LogP contribution < -0.4 is 15.0 Å². The van der Waals surface area contributed by atoms with Crippen molar-refractivity contribution in [3.05, 3.63) is 70.3 Å². The second-order valence-corrected chi connectivity index (χ2v) is 6.87. The molecule has 3 aromatic rings. The van der Waals surface area contributed by atoms with Crippen molar-refractivity contribution in [1.29, 1.82) is 0 Å². The summed E-state index contributed by atoms with van der Waals surface area (Å²) in [5.74, 6) is 1.04. The second-order valence-electron chi connectivity index (χ2n) is 6.87. The molecule has 1 heterocycles. The molecule has 0 aliphatic carbocycles. The van der Waals surface area contributed by atoms with E-state index in [1.807, 2.05) is 32.0 Å². The highest BCUT2D eigenvalue weighted by Crippen LogP contribution is 2.29. The Hall–Kier alpha value is -3.61. The van der Waals surface area contributed by atoms with E-state index in [0.717, 1.165) is 12.0 Å². The van der Waals surface area contributed by atoms with Gasteiger partial charge < -0.3 is 19.2 Å². The van der Waals surface area contributed by atoms with Gasteiger partial charge in [0.25, 0.3) is 5.56 Å². The maximum Gasteiger partial charge on any atom is 0.331 e. The monoisotopic (exact) mass is 422 g/mol. The fourth-order valence-corrected chi connectivity index (χ4v) is 2.96. The lowest BCUT2D eigenvalue weighted by atomic mass is 10.2. The Labute approximate surface area is 180 Å². The zero-order valence-electron chi connectivity index (χ0n) is 17.9. The standard InChI is InChI=1S/C24H26N2O5/c1-4-14-30-20-12-10-17(15-21(20)29-5-2)11-13-22(27)31-16(3)23-25-19-9-7-6-8-18(19)24(28)26-23/h6-13,15-16H,4-5,14H2,1-3H3,(H,25,26,28)/b13-11+/t16-/m0/s1. The normalized spacial score (nSPS) is 12.1. The van der Waals surface area contributed by atoms with Crippen molar-refractivity contribution in [3.8, 4) is 11.5 Å². The molecule has 0 amide bonds. The van der Waals surface area contributed by atoms with Gasteiger partial charge in [0.05, 0.1) is 24.1 Å². The van der Waals surface area contributed by atoms with Gasteiger partial charge in [-0.3, -0.25) is 4.79 Å². The molecule has 0 saturated carbocycles. The van der Waals surface area contributed by atoms with Crippen molar-refractivity contribution < 1.29 is 19.0 Å². The molecule has 0 saturated heterocycles. The number of esters is 1. The van der Waals surface area contributed by atoms with Gasteiger partial charge in [0.1, 0.15) is 0 Å². The van der Waals surface area contributed by atoms with Crippen LogP contribution in [0.5, 0.6) is 11.5 Å². The molecular formula is C24H26N2O5. The minimum Gasteiger partial charge on any atom is -0.490 e. The molecule has 0 unspecified atom stereocenters. The van der Waals surface area contributed by atoms with Crippen molar-refractivity contribution in [2.45, 2.75) is 33.3 Å². The van der Waals surface area contributed by atoms with Gasteiger partial charge >= 0.3 is 5.97 Å². The molecule has 0 radical (unpaired) electrons. The smallest absolute Gasteiger partial charge is 0.331 e. The molecule has 162 valence electrons. The molecule has 0 aliphatic heterocycles. The number of para-hydroxylation sites is 1. The third-order valence-electron chi connectivity index (χ3n) is 4.45. The van der Waals surface area contributed by atoms with Crippen LogP contribution in [0.25, 0.3) is 17.0 Å². The Kier molecular flexibility index (Phi) is 7.43. The number of aromatic nitrogens is 2. The van der Waals surface area contributed by atoms with Gasteiger partial charge in [-0.05, 0) is 56.2 Å². The van der Waals surface area contributed by atoms with Crippen molar-refractivity contribution in [1.82, 2.24) is 9.97 Å². The molecule has 0 aliphatic rings. The van der Waals surface area contributed by atoms with E-state index in [2.05, 4.69) is 9.97 Å². The number of hydrogen-bond donors (Lipinski definition) is 1. The Morgan fingerprint density at radius 2 is 1.94 bits per heavy atom. The molecule has 0 fully saturated rings. The van der Waals surface area contributed by atoms with Crippen LogP contribution >= 0.6 is 0 Å². The number of nitrogens with one attached hydrogen (secondary N) is 1. The lowest BCUT2D eigenvalue weighted by Gasteiger charge is -2.12. The van der Waals surface area contributed by atoms with E-state index in [0.29, 0.717) is 41.4 Å². The summed E-state index contributed by atoms with van der Waals surface area (Å²) in [6.45, 7) is 6.70. The van der Waals surface area contributed by atoms with Gasteiger partial charge in [-0.1, -0.05) is 25.1 Å². The van der Waals surface area contributed by atoms with E-state index in [9.17, 15) is 9.59 Å². The first kappa shape index (κ1) is 22.1. The Morgan fingerprint density at radius 3 is 2.71 bits per heavy atom. The van der Waals surface area contributed by atoms with Crippen LogP contribution in [0.4, 0.5) is 0 Å². The van der Waals surface area contributed by atoms with E-state index < -0.39 is 12.1 Å². The molecule has 0 bridgehead atoms. The van der Waals surface area contributed by atoms with Crippen LogP contribution in [-0.4, -0.2) is 29.2 Å². The van der Waals surface area contributed by atoms with Crippen LogP contribution in [-0.2, 0) is 9.53 Å². The predicted octanol–water partition coefficient (Wildman–Crippen LogP) is 4.43. The van der Waals surface area contributed by atoms with Crippen LogP contribution in [0, 0.1) is 0 Å². The molecule has 7 heteroatoms. The number of carbonyl (C=O) groups is 1. The summed E-state index contributed by atoms with van der Waals surface area (Å²) < 4.78 is 16.7. The summed E-state index contributed by atoms with van der Waals surface area (Å²) in [5, 5.41) is 0.487. The van der Waals surface area contributed by atoms with Crippen molar-refractivity contribution in [3.63, 3.8) is 0 Å². The molecule has 2 aromatic carbocycles. The van der Waals surface area contributed by atoms with Gasteiger partial charge in [0, 0.05) is 6.08 Å². The van der Waals surface area contributed by atoms with Gasteiger partial charge in [0.15, 0.2) is 23.4 Å². The summed E-state index contributed by atoms with van der Waals surface area (Å²) in [7, 11) is 0. The Balaban J connectivity index is 1.70. The van der Waals surface area contributed by atoms with E-state index in [1.54, 1.807) is 37.3 Å². The first-order chi connectivity index (χ1) is 15.0. The largest absolute Gasteiger partial charge is 0.490 e. The van der Waals surface area contributed by atoms with Gasteiger partial charge in [-0.15, -0.1) is 0 Å². The second kappa shape index (κ2) is 10.4. The SMILES string of the molecule is CCCOc1ccc(/C=C/C(=O)O[C@@H](C)c2nc3ccccc3c(=O)[nH]2)cc1OCC. The van der Waals surface area contributed by atoms with E-state index in [-0.39, 0.29) is 5.56 Å². The van der Waals surface area contributed by atoms with E-state index in [1.165, 1.54) is 6.08 Å². The molecule has 7 nitrogen and oxygen atoms in total. The number of rotatable bonds is 9. The number of H-pyrrole nitrogens is 1. The summed E-state index contributed by atoms with van der Waals surface area (Å²) in [6.07, 6.45) is 3.15. The van der Waals surface area contributed by atoms with Crippen LogP contribution in [0.1, 0.15) is 44.7 Å².